The van der Waals surface area contributed by atoms with Crippen LogP contribution < -0.4 is 10.3 Å². The number of ether oxygens (including phenoxy) is 1. The second-order valence-corrected chi connectivity index (χ2v) is 4.35. The van der Waals surface area contributed by atoms with E-state index in [9.17, 15) is 4.79 Å². The van der Waals surface area contributed by atoms with Gasteiger partial charge in [0.2, 0.25) is 0 Å². The molecule has 2 aromatic heterocycles. The minimum Gasteiger partial charge on any atom is -0.464 e. The molecule has 1 N–H and O–H groups in total. The van der Waals surface area contributed by atoms with Gasteiger partial charge >= 0.3 is 6.01 Å². The van der Waals surface area contributed by atoms with E-state index in [1.165, 1.54) is 4.52 Å². The Labute approximate surface area is 115 Å². The summed E-state index contributed by atoms with van der Waals surface area (Å²) in [5.74, 6) is 0.308. The van der Waals surface area contributed by atoms with Crippen LogP contribution in [0.4, 0.5) is 0 Å². The minimum absolute atomic E-state index is 0.174. The smallest absolute Gasteiger partial charge is 0.312 e. The Bertz CT molecular complexity index is 805. The molecule has 0 spiro atoms. The summed E-state index contributed by atoms with van der Waals surface area (Å²) >= 11 is 0. The molecule has 0 saturated carbocycles. The molecule has 3 rings (SSSR count). The summed E-state index contributed by atoms with van der Waals surface area (Å²) in [7, 11) is 0. The van der Waals surface area contributed by atoms with Crippen molar-refractivity contribution in [3.8, 4) is 17.3 Å². The molecule has 102 valence electrons. The summed E-state index contributed by atoms with van der Waals surface area (Å²) in [4.78, 5) is 21.0. The number of nitrogens with one attached hydrogen (secondary N) is 1. The zero-order valence-electron chi connectivity index (χ0n) is 11.3. The van der Waals surface area contributed by atoms with Gasteiger partial charge in [-0.2, -0.15) is 9.50 Å². The predicted octanol–water partition coefficient (Wildman–Crippen LogP) is 1.79. The lowest BCUT2D eigenvalue weighted by Gasteiger charge is -2.04. The van der Waals surface area contributed by atoms with Gasteiger partial charge in [0.05, 0.1) is 12.3 Å². The number of aromatic amines is 1. The topological polar surface area (TPSA) is 72.3 Å². The second-order valence-electron chi connectivity index (χ2n) is 4.35. The van der Waals surface area contributed by atoms with Crippen LogP contribution in [0.3, 0.4) is 0 Å². The standard InChI is InChI=1S/C14H14N4O2/c1-3-20-14-16-13-15-11(10-7-5-4-6-8-10)9(2)12(19)18(13)17-14/h4-8H,3H2,1-2H3,(H,15,16,17). The monoisotopic (exact) mass is 270 g/mol. The highest BCUT2D eigenvalue weighted by Gasteiger charge is 2.14. The number of fused-ring (bicyclic) bond motifs is 1. The van der Waals surface area contributed by atoms with Crippen LogP contribution >= 0.6 is 0 Å². The highest BCUT2D eigenvalue weighted by atomic mass is 16.5. The second kappa shape index (κ2) is 4.80. The van der Waals surface area contributed by atoms with Crippen LogP contribution in [0.15, 0.2) is 35.1 Å². The molecule has 0 aliphatic carbocycles. The molecule has 0 saturated heterocycles. The molecule has 1 aromatic carbocycles. The van der Waals surface area contributed by atoms with E-state index in [4.69, 9.17) is 4.74 Å². The fourth-order valence-corrected chi connectivity index (χ4v) is 2.06. The predicted molar refractivity (Wildman–Crippen MR) is 74.9 cm³/mol. The lowest BCUT2D eigenvalue weighted by atomic mass is 10.1. The van der Waals surface area contributed by atoms with Crippen molar-refractivity contribution >= 4 is 5.78 Å². The van der Waals surface area contributed by atoms with E-state index < -0.39 is 0 Å². The summed E-state index contributed by atoms with van der Waals surface area (Å²) in [5, 5.41) is 2.79. The summed E-state index contributed by atoms with van der Waals surface area (Å²) in [5.41, 5.74) is 1.93. The van der Waals surface area contributed by atoms with Gasteiger partial charge in [0.25, 0.3) is 11.3 Å². The van der Waals surface area contributed by atoms with Crippen LogP contribution in [0.5, 0.6) is 6.01 Å². The Balaban J connectivity index is 2.25. The molecule has 0 aliphatic heterocycles. The molecule has 0 amide bonds. The minimum atomic E-state index is -0.174. The van der Waals surface area contributed by atoms with Gasteiger partial charge in [-0.3, -0.25) is 4.79 Å². The third-order valence-corrected chi connectivity index (χ3v) is 3.03. The largest absolute Gasteiger partial charge is 0.464 e. The summed E-state index contributed by atoms with van der Waals surface area (Å²) in [6.07, 6.45) is 0. The number of hydrogen-bond donors (Lipinski definition) is 1. The maximum absolute atomic E-state index is 12.3. The highest BCUT2D eigenvalue weighted by molar-refractivity contribution is 5.64. The Morgan fingerprint density at radius 2 is 2.00 bits per heavy atom. The van der Waals surface area contributed by atoms with Crippen LogP contribution in [0, 0.1) is 6.92 Å². The molecular weight excluding hydrogens is 256 g/mol. The molecule has 0 aliphatic rings. The van der Waals surface area contributed by atoms with Crippen molar-refractivity contribution in [2.75, 3.05) is 6.61 Å². The zero-order chi connectivity index (χ0) is 14.1. The Morgan fingerprint density at radius 1 is 1.25 bits per heavy atom. The lowest BCUT2D eigenvalue weighted by Crippen LogP contribution is -2.19. The van der Waals surface area contributed by atoms with Gasteiger partial charge in [-0.05, 0) is 13.8 Å². The van der Waals surface area contributed by atoms with Gasteiger partial charge in [-0.1, -0.05) is 30.3 Å². The molecule has 0 fully saturated rings. The van der Waals surface area contributed by atoms with Gasteiger partial charge in [0.15, 0.2) is 0 Å². The molecule has 3 aromatic rings. The molecule has 6 heteroatoms. The summed E-state index contributed by atoms with van der Waals surface area (Å²) < 4.78 is 6.56. The average Bonchev–Trinajstić information content (AvgIpc) is 2.87. The fraction of sp³-hybridized carbons (Fsp3) is 0.214. The average molecular weight is 270 g/mol. The van der Waals surface area contributed by atoms with Gasteiger partial charge in [0, 0.05) is 11.1 Å². The first-order chi connectivity index (χ1) is 9.70. The van der Waals surface area contributed by atoms with Gasteiger partial charge in [0.1, 0.15) is 0 Å². The van der Waals surface area contributed by atoms with Crippen molar-refractivity contribution in [2.45, 2.75) is 13.8 Å². The van der Waals surface area contributed by atoms with Crippen LogP contribution in [0.1, 0.15) is 12.5 Å². The van der Waals surface area contributed by atoms with Crippen molar-refractivity contribution in [1.82, 2.24) is 19.6 Å². The first-order valence-corrected chi connectivity index (χ1v) is 6.38. The fourth-order valence-electron chi connectivity index (χ4n) is 2.06. The molecular formula is C14H14N4O2. The van der Waals surface area contributed by atoms with Gasteiger partial charge in [-0.25, -0.2) is 10.1 Å². The van der Waals surface area contributed by atoms with Crippen LogP contribution in [0.25, 0.3) is 17.0 Å². The number of benzene rings is 1. The number of aromatic nitrogens is 4. The number of H-pyrrole nitrogens is 1. The van der Waals surface area contributed by atoms with E-state index in [-0.39, 0.29) is 5.56 Å². The van der Waals surface area contributed by atoms with E-state index in [1.807, 2.05) is 37.3 Å². The zero-order valence-corrected chi connectivity index (χ0v) is 11.3. The molecule has 0 unspecified atom stereocenters. The van der Waals surface area contributed by atoms with E-state index in [2.05, 4.69) is 15.1 Å². The van der Waals surface area contributed by atoms with E-state index in [0.717, 1.165) is 5.56 Å². The molecule has 20 heavy (non-hydrogen) atoms. The Morgan fingerprint density at radius 3 is 2.70 bits per heavy atom. The van der Waals surface area contributed by atoms with Crippen molar-refractivity contribution in [3.05, 3.63) is 46.2 Å². The van der Waals surface area contributed by atoms with E-state index >= 15 is 0 Å². The van der Waals surface area contributed by atoms with Crippen molar-refractivity contribution < 1.29 is 4.74 Å². The highest BCUT2D eigenvalue weighted by Crippen LogP contribution is 2.19. The third kappa shape index (κ3) is 1.95. The van der Waals surface area contributed by atoms with Crippen LogP contribution in [-0.2, 0) is 0 Å². The maximum atomic E-state index is 12.3. The molecule has 0 atom stereocenters. The summed E-state index contributed by atoms with van der Waals surface area (Å²) in [6.45, 7) is 4.08. The normalized spacial score (nSPS) is 10.9. The van der Waals surface area contributed by atoms with E-state index in [1.54, 1.807) is 6.92 Å². The van der Waals surface area contributed by atoms with Crippen molar-refractivity contribution in [2.24, 2.45) is 0 Å². The molecule has 0 radical (unpaired) electrons. The maximum Gasteiger partial charge on any atom is 0.312 e. The quantitative estimate of drug-likeness (QED) is 0.787. The lowest BCUT2D eigenvalue weighted by molar-refractivity contribution is 0.313. The van der Waals surface area contributed by atoms with Gasteiger partial charge < -0.3 is 4.74 Å². The third-order valence-electron chi connectivity index (χ3n) is 3.03. The number of rotatable bonds is 3. The molecule has 2 heterocycles. The molecule has 6 nitrogen and oxygen atoms in total. The Kier molecular flexibility index (Phi) is 2.98. The number of nitrogens with zero attached hydrogens (tertiary/aromatic N) is 3. The van der Waals surface area contributed by atoms with Crippen LogP contribution in [-0.4, -0.2) is 26.2 Å². The van der Waals surface area contributed by atoms with Gasteiger partial charge in [-0.15, -0.1) is 0 Å². The SMILES string of the molecule is CCOc1nc2nc(-c3ccccc3)c(C)c(=O)n2[nH]1. The Hall–Kier alpha value is -2.63. The van der Waals surface area contributed by atoms with Crippen molar-refractivity contribution in [1.29, 1.82) is 0 Å². The van der Waals surface area contributed by atoms with Crippen LogP contribution in [0.2, 0.25) is 0 Å². The van der Waals surface area contributed by atoms with E-state index in [0.29, 0.717) is 29.7 Å². The molecule has 0 bridgehead atoms. The first-order valence-electron chi connectivity index (χ1n) is 6.38. The summed E-state index contributed by atoms with van der Waals surface area (Å²) in [6, 6.07) is 9.87. The first kappa shape index (κ1) is 12.4. The number of hydrogen-bond acceptors (Lipinski definition) is 4. The van der Waals surface area contributed by atoms with Crippen molar-refractivity contribution in [3.63, 3.8) is 0 Å².